The zero-order valence-electron chi connectivity index (χ0n) is 10.9. The van der Waals surface area contributed by atoms with Gasteiger partial charge in [-0.15, -0.1) is 0 Å². The van der Waals surface area contributed by atoms with Crippen molar-refractivity contribution in [2.45, 2.75) is 13.0 Å². The lowest BCUT2D eigenvalue weighted by molar-refractivity contribution is -0.124. The quantitative estimate of drug-likeness (QED) is 0.915. The molecule has 0 fully saturated rings. The predicted molar refractivity (Wildman–Crippen MR) is 78.0 cm³/mol. The molecule has 5 nitrogen and oxygen atoms in total. The van der Waals surface area contributed by atoms with Crippen LogP contribution in [-0.2, 0) is 11.8 Å². The molecule has 2 aromatic rings. The molecule has 0 saturated carbocycles. The molecular weight excluding hydrogens is 301 g/mol. The molecule has 1 aromatic carbocycles. The summed E-state index contributed by atoms with van der Waals surface area (Å²) >= 11 is 11.7. The van der Waals surface area contributed by atoms with Crippen LogP contribution in [0.25, 0.3) is 0 Å². The van der Waals surface area contributed by atoms with Gasteiger partial charge in [-0.3, -0.25) is 9.48 Å². The molecule has 1 aromatic heterocycles. The van der Waals surface area contributed by atoms with E-state index in [0.29, 0.717) is 21.3 Å². The molecule has 2 N–H and O–H groups in total. The van der Waals surface area contributed by atoms with E-state index in [4.69, 9.17) is 23.2 Å². The smallest absolute Gasteiger partial charge is 0.257 e. The van der Waals surface area contributed by atoms with Crippen molar-refractivity contribution < 1.29 is 9.90 Å². The highest BCUT2D eigenvalue weighted by Gasteiger charge is 2.20. The molecule has 0 bridgehead atoms. The van der Waals surface area contributed by atoms with Gasteiger partial charge in [0, 0.05) is 17.1 Å². The van der Waals surface area contributed by atoms with Crippen LogP contribution in [0.1, 0.15) is 17.4 Å². The normalized spacial score (nSPS) is 12.2. The summed E-state index contributed by atoms with van der Waals surface area (Å²) in [6.07, 6.45) is 0.163. The molecule has 7 heteroatoms. The van der Waals surface area contributed by atoms with Crippen LogP contribution < -0.4 is 5.32 Å². The van der Waals surface area contributed by atoms with Crippen LogP contribution in [0.15, 0.2) is 24.4 Å². The van der Waals surface area contributed by atoms with E-state index in [1.165, 1.54) is 24.4 Å². The molecular formula is C13H13Cl2N3O2. The second kappa shape index (κ2) is 5.83. The Bertz CT molecular complexity index is 635. The van der Waals surface area contributed by atoms with E-state index >= 15 is 0 Å². The Labute approximate surface area is 126 Å². The van der Waals surface area contributed by atoms with Gasteiger partial charge in [-0.1, -0.05) is 23.2 Å². The summed E-state index contributed by atoms with van der Waals surface area (Å²) in [7, 11) is 1.76. The van der Waals surface area contributed by atoms with Crippen molar-refractivity contribution in [1.82, 2.24) is 9.78 Å². The zero-order chi connectivity index (χ0) is 14.9. The van der Waals surface area contributed by atoms with E-state index in [1.54, 1.807) is 11.7 Å². The summed E-state index contributed by atoms with van der Waals surface area (Å²) < 4.78 is 1.62. The molecule has 1 amide bonds. The fourth-order valence-electron chi connectivity index (χ4n) is 1.71. The van der Waals surface area contributed by atoms with E-state index in [-0.39, 0.29) is 0 Å². The maximum atomic E-state index is 12.0. The summed E-state index contributed by atoms with van der Waals surface area (Å²) in [5, 5.41) is 17.4. The molecule has 0 aliphatic carbocycles. The van der Waals surface area contributed by atoms with Gasteiger partial charge in [-0.2, -0.15) is 5.10 Å². The number of nitrogens with one attached hydrogen (secondary N) is 1. The molecule has 2 rings (SSSR count). The highest BCUT2D eigenvalue weighted by Crippen LogP contribution is 2.24. The van der Waals surface area contributed by atoms with E-state index in [0.717, 1.165) is 5.69 Å². The van der Waals surface area contributed by atoms with Crippen LogP contribution >= 0.6 is 23.2 Å². The topological polar surface area (TPSA) is 67.2 Å². The number of carbonyl (C=O) groups is 1. The third-order valence-electron chi connectivity index (χ3n) is 2.94. The fraction of sp³-hybridized carbons (Fsp3) is 0.231. The molecule has 1 atom stereocenters. The van der Waals surface area contributed by atoms with Gasteiger partial charge in [0.25, 0.3) is 5.91 Å². The second-order valence-corrected chi connectivity index (χ2v) is 5.23. The van der Waals surface area contributed by atoms with Crippen molar-refractivity contribution in [3.05, 3.63) is 45.7 Å². The number of rotatable bonds is 3. The maximum Gasteiger partial charge on any atom is 0.257 e. The largest absolute Gasteiger partial charge is 0.378 e. The van der Waals surface area contributed by atoms with Crippen molar-refractivity contribution in [1.29, 1.82) is 0 Å². The Hall–Kier alpha value is -1.56. The van der Waals surface area contributed by atoms with E-state index < -0.39 is 12.0 Å². The number of carbonyl (C=O) groups excluding carboxylic acids is 1. The van der Waals surface area contributed by atoms with Gasteiger partial charge in [0.2, 0.25) is 0 Å². The SMILES string of the molecule is Cc1c(NC(=O)[C@H](O)c2cc(Cl)cc(Cl)c2)cnn1C. The van der Waals surface area contributed by atoms with Crippen molar-refractivity contribution >= 4 is 34.8 Å². The lowest BCUT2D eigenvalue weighted by Gasteiger charge is -2.12. The predicted octanol–water partition coefficient (Wildman–Crippen LogP) is 2.71. The Morgan fingerprint density at radius 3 is 2.45 bits per heavy atom. The van der Waals surface area contributed by atoms with Gasteiger partial charge in [0.05, 0.1) is 17.6 Å². The lowest BCUT2D eigenvalue weighted by atomic mass is 10.1. The molecule has 20 heavy (non-hydrogen) atoms. The highest BCUT2D eigenvalue weighted by molar-refractivity contribution is 6.34. The maximum absolute atomic E-state index is 12.0. The average Bonchev–Trinajstić information content (AvgIpc) is 2.68. The monoisotopic (exact) mass is 313 g/mol. The van der Waals surface area contributed by atoms with Crippen LogP contribution in [0.4, 0.5) is 5.69 Å². The second-order valence-electron chi connectivity index (χ2n) is 4.36. The van der Waals surface area contributed by atoms with Gasteiger partial charge in [0.15, 0.2) is 6.10 Å². The van der Waals surface area contributed by atoms with E-state index in [9.17, 15) is 9.90 Å². The molecule has 0 aliphatic heterocycles. The van der Waals surface area contributed by atoms with E-state index in [1.807, 2.05) is 6.92 Å². The lowest BCUT2D eigenvalue weighted by Crippen LogP contribution is -2.21. The van der Waals surface area contributed by atoms with Crippen molar-refractivity contribution in [2.24, 2.45) is 7.05 Å². The standard InChI is InChI=1S/C13H13Cl2N3O2/c1-7-11(6-16-18(7)2)17-13(20)12(19)8-3-9(14)5-10(15)4-8/h3-6,12,19H,1-2H3,(H,17,20)/t12-/m1/s1. The number of benzene rings is 1. The number of halogens is 2. The van der Waals surface area contributed by atoms with Crippen molar-refractivity contribution in [2.75, 3.05) is 5.32 Å². The van der Waals surface area contributed by atoms with Crippen LogP contribution in [0.3, 0.4) is 0 Å². The summed E-state index contributed by atoms with van der Waals surface area (Å²) in [6, 6.07) is 4.52. The van der Waals surface area contributed by atoms with E-state index in [2.05, 4.69) is 10.4 Å². The first kappa shape index (κ1) is 14.8. The van der Waals surface area contributed by atoms with Crippen molar-refractivity contribution in [3.8, 4) is 0 Å². The third-order valence-corrected chi connectivity index (χ3v) is 3.38. The number of nitrogens with zero attached hydrogens (tertiary/aromatic N) is 2. The van der Waals surface area contributed by atoms with Crippen LogP contribution in [0.2, 0.25) is 10.0 Å². The molecule has 0 unspecified atom stereocenters. The molecule has 0 aliphatic rings. The number of amides is 1. The fourth-order valence-corrected chi connectivity index (χ4v) is 2.25. The zero-order valence-corrected chi connectivity index (χ0v) is 12.4. The van der Waals surface area contributed by atoms with Gasteiger partial charge >= 0.3 is 0 Å². The molecule has 0 radical (unpaired) electrons. The minimum atomic E-state index is -1.36. The number of aliphatic hydroxyl groups excluding tert-OH is 1. The van der Waals surface area contributed by atoms with Gasteiger partial charge in [-0.05, 0) is 30.7 Å². The Balaban J connectivity index is 2.18. The van der Waals surface area contributed by atoms with Gasteiger partial charge in [0.1, 0.15) is 0 Å². The number of aryl methyl sites for hydroxylation is 1. The summed E-state index contributed by atoms with van der Waals surface area (Å²) in [4.78, 5) is 12.0. The molecule has 0 spiro atoms. The Morgan fingerprint density at radius 2 is 1.95 bits per heavy atom. The number of aliphatic hydroxyl groups is 1. The number of aromatic nitrogens is 2. The number of hydrogen-bond acceptors (Lipinski definition) is 3. The van der Waals surface area contributed by atoms with Crippen molar-refractivity contribution in [3.63, 3.8) is 0 Å². The Kier molecular flexibility index (Phi) is 4.32. The van der Waals surface area contributed by atoms with Crippen LogP contribution in [0.5, 0.6) is 0 Å². The minimum Gasteiger partial charge on any atom is -0.378 e. The first-order chi connectivity index (χ1) is 9.38. The molecule has 106 valence electrons. The summed E-state index contributed by atoms with van der Waals surface area (Å²) in [5.41, 5.74) is 1.67. The summed E-state index contributed by atoms with van der Waals surface area (Å²) in [6.45, 7) is 1.81. The number of hydrogen-bond donors (Lipinski definition) is 2. The van der Waals surface area contributed by atoms with Gasteiger partial charge in [-0.25, -0.2) is 0 Å². The minimum absolute atomic E-state index is 0.335. The first-order valence-electron chi connectivity index (χ1n) is 5.82. The molecule has 1 heterocycles. The first-order valence-corrected chi connectivity index (χ1v) is 6.57. The summed E-state index contributed by atoms with van der Waals surface area (Å²) in [5.74, 6) is -0.570. The van der Waals surface area contributed by atoms with Crippen LogP contribution in [-0.4, -0.2) is 20.8 Å². The molecule has 0 saturated heterocycles. The highest BCUT2D eigenvalue weighted by atomic mass is 35.5. The van der Waals surface area contributed by atoms with Crippen LogP contribution in [0, 0.1) is 6.92 Å². The third kappa shape index (κ3) is 3.12. The Morgan fingerprint density at radius 1 is 1.35 bits per heavy atom. The number of anilines is 1. The average molecular weight is 314 g/mol. The van der Waals surface area contributed by atoms with Gasteiger partial charge < -0.3 is 10.4 Å².